The van der Waals surface area contributed by atoms with Crippen LogP contribution in [0.4, 0.5) is 0 Å². The molecule has 1 saturated heterocycles. The van der Waals surface area contributed by atoms with Crippen molar-refractivity contribution in [2.24, 2.45) is 10.8 Å². The van der Waals surface area contributed by atoms with E-state index in [4.69, 9.17) is 4.74 Å². The van der Waals surface area contributed by atoms with E-state index in [1.165, 1.54) is 45.1 Å². The van der Waals surface area contributed by atoms with E-state index in [-0.39, 0.29) is 0 Å². The van der Waals surface area contributed by atoms with Crippen molar-refractivity contribution in [1.29, 1.82) is 0 Å². The van der Waals surface area contributed by atoms with Gasteiger partial charge in [-0.25, -0.2) is 0 Å². The van der Waals surface area contributed by atoms with Gasteiger partial charge in [-0.2, -0.15) is 0 Å². The van der Waals surface area contributed by atoms with Gasteiger partial charge in [0.25, 0.3) is 0 Å². The zero-order valence-electron chi connectivity index (χ0n) is 12.2. The predicted molar refractivity (Wildman–Crippen MR) is 75.9 cm³/mol. The second-order valence-corrected chi connectivity index (χ2v) is 6.54. The molecule has 2 rings (SSSR count). The number of rotatable bonds is 8. The molecule has 1 aliphatic heterocycles. The average Bonchev–Trinajstić information content (AvgIpc) is 3.11. The van der Waals surface area contributed by atoms with Crippen LogP contribution in [0.2, 0.25) is 0 Å². The van der Waals surface area contributed by atoms with Crippen LogP contribution in [0.3, 0.4) is 0 Å². The molecule has 2 aliphatic rings. The van der Waals surface area contributed by atoms with Crippen LogP contribution in [0.5, 0.6) is 0 Å². The summed E-state index contributed by atoms with van der Waals surface area (Å²) in [6.07, 6.45) is 8.09. The van der Waals surface area contributed by atoms with Gasteiger partial charge in [-0.05, 0) is 50.6 Å². The Morgan fingerprint density at radius 2 is 1.72 bits per heavy atom. The van der Waals surface area contributed by atoms with Crippen LogP contribution in [-0.4, -0.2) is 39.9 Å². The molecule has 0 atom stereocenters. The lowest BCUT2D eigenvalue weighted by molar-refractivity contribution is 0.0526. The second kappa shape index (κ2) is 6.36. The summed E-state index contributed by atoms with van der Waals surface area (Å²) < 4.78 is 5.46. The third-order valence-electron chi connectivity index (χ3n) is 4.85. The summed E-state index contributed by atoms with van der Waals surface area (Å²) in [5.41, 5.74) is 1.04. The maximum absolute atomic E-state index is 5.46. The van der Waals surface area contributed by atoms with Crippen molar-refractivity contribution in [1.82, 2.24) is 10.6 Å². The highest BCUT2D eigenvalue weighted by atomic mass is 16.5. The first-order valence-electron chi connectivity index (χ1n) is 7.65. The maximum Gasteiger partial charge on any atom is 0.0531 e. The Hall–Kier alpha value is -0.120. The molecule has 1 aliphatic carbocycles. The van der Waals surface area contributed by atoms with E-state index < -0.39 is 0 Å². The minimum atomic E-state index is 0.377. The molecule has 2 fully saturated rings. The Kier molecular flexibility index (Phi) is 5.05. The van der Waals surface area contributed by atoms with Crippen LogP contribution in [-0.2, 0) is 4.74 Å². The third-order valence-corrected chi connectivity index (χ3v) is 4.85. The number of hydrogen-bond acceptors (Lipinski definition) is 3. The van der Waals surface area contributed by atoms with Gasteiger partial charge >= 0.3 is 0 Å². The first-order chi connectivity index (χ1) is 8.74. The van der Waals surface area contributed by atoms with Gasteiger partial charge in [0, 0.05) is 25.6 Å². The Labute approximate surface area is 112 Å². The van der Waals surface area contributed by atoms with Crippen molar-refractivity contribution in [2.45, 2.75) is 45.4 Å². The summed E-state index contributed by atoms with van der Waals surface area (Å²) in [6, 6.07) is 0. The maximum atomic E-state index is 5.46. The largest absolute Gasteiger partial charge is 0.384 e. The van der Waals surface area contributed by atoms with Gasteiger partial charge in [-0.3, -0.25) is 0 Å². The first-order valence-corrected chi connectivity index (χ1v) is 7.65. The van der Waals surface area contributed by atoms with Crippen LogP contribution in [0.1, 0.15) is 45.4 Å². The highest BCUT2D eigenvalue weighted by molar-refractivity contribution is 4.95. The standard InChI is InChI=1S/C15H30N2O/c1-3-4-14(5-6-14)11-17-12-15(13-18-2)7-9-16-10-8-15/h16-17H,3-13H2,1-2H3. The third kappa shape index (κ3) is 3.69. The molecule has 0 amide bonds. The lowest BCUT2D eigenvalue weighted by atomic mass is 9.79. The summed E-state index contributed by atoms with van der Waals surface area (Å²) >= 11 is 0. The van der Waals surface area contributed by atoms with E-state index in [1.807, 2.05) is 7.11 Å². The van der Waals surface area contributed by atoms with E-state index in [9.17, 15) is 0 Å². The minimum absolute atomic E-state index is 0.377. The summed E-state index contributed by atoms with van der Waals surface area (Å²) in [7, 11) is 1.84. The number of piperidine rings is 1. The molecular weight excluding hydrogens is 224 g/mol. The van der Waals surface area contributed by atoms with Gasteiger partial charge in [0.2, 0.25) is 0 Å². The summed E-state index contributed by atoms with van der Waals surface area (Å²) in [6.45, 7) is 7.85. The van der Waals surface area contributed by atoms with Gasteiger partial charge in [0.15, 0.2) is 0 Å². The zero-order chi connectivity index (χ0) is 12.9. The molecule has 3 nitrogen and oxygen atoms in total. The molecule has 18 heavy (non-hydrogen) atoms. The Morgan fingerprint density at radius 1 is 1.06 bits per heavy atom. The van der Waals surface area contributed by atoms with Crippen molar-refractivity contribution < 1.29 is 4.74 Å². The van der Waals surface area contributed by atoms with Crippen molar-refractivity contribution in [3.8, 4) is 0 Å². The Balaban J connectivity index is 1.75. The van der Waals surface area contributed by atoms with Crippen LogP contribution >= 0.6 is 0 Å². The number of methoxy groups -OCH3 is 1. The molecule has 3 heteroatoms. The van der Waals surface area contributed by atoms with Crippen LogP contribution in [0.25, 0.3) is 0 Å². The Morgan fingerprint density at radius 3 is 2.28 bits per heavy atom. The first kappa shape index (κ1) is 14.3. The predicted octanol–water partition coefficient (Wildman–Crippen LogP) is 2.17. The smallest absolute Gasteiger partial charge is 0.0531 e. The van der Waals surface area contributed by atoms with Gasteiger partial charge in [0.1, 0.15) is 0 Å². The van der Waals surface area contributed by atoms with E-state index in [1.54, 1.807) is 0 Å². The minimum Gasteiger partial charge on any atom is -0.384 e. The Bertz CT molecular complexity index is 239. The molecule has 0 aromatic carbocycles. The zero-order valence-corrected chi connectivity index (χ0v) is 12.2. The van der Waals surface area contributed by atoms with Gasteiger partial charge in [-0.15, -0.1) is 0 Å². The van der Waals surface area contributed by atoms with E-state index in [0.717, 1.165) is 26.2 Å². The van der Waals surface area contributed by atoms with E-state index in [2.05, 4.69) is 17.6 Å². The molecule has 0 bridgehead atoms. The highest BCUT2D eigenvalue weighted by Gasteiger charge is 2.41. The van der Waals surface area contributed by atoms with E-state index in [0.29, 0.717) is 10.8 Å². The average molecular weight is 254 g/mol. The molecule has 106 valence electrons. The fourth-order valence-corrected chi connectivity index (χ4v) is 3.45. The summed E-state index contributed by atoms with van der Waals surface area (Å²) in [5.74, 6) is 0. The fourth-order valence-electron chi connectivity index (χ4n) is 3.45. The monoisotopic (exact) mass is 254 g/mol. The second-order valence-electron chi connectivity index (χ2n) is 6.54. The molecule has 1 saturated carbocycles. The fraction of sp³-hybridized carbons (Fsp3) is 1.00. The van der Waals surface area contributed by atoms with Gasteiger partial charge in [0.05, 0.1) is 6.61 Å². The lowest BCUT2D eigenvalue weighted by Gasteiger charge is -2.37. The molecule has 0 aromatic heterocycles. The summed E-state index contributed by atoms with van der Waals surface area (Å²) in [5, 5.41) is 7.21. The SMILES string of the molecule is CCCC1(CNCC2(COC)CCNCC2)CC1. The molecule has 1 heterocycles. The lowest BCUT2D eigenvalue weighted by Crippen LogP contribution is -2.46. The quantitative estimate of drug-likeness (QED) is 0.696. The van der Waals surface area contributed by atoms with Gasteiger partial charge in [-0.1, -0.05) is 13.3 Å². The number of ether oxygens (including phenoxy) is 1. The van der Waals surface area contributed by atoms with Crippen LogP contribution in [0, 0.1) is 10.8 Å². The molecule has 0 radical (unpaired) electrons. The van der Waals surface area contributed by atoms with Crippen LogP contribution in [0.15, 0.2) is 0 Å². The molecule has 2 N–H and O–H groups in total. The highest BCUT2D eigenvalue weighted by Crippen LogP contribution is 2.49. The van der Waals surface area contributed by atoms with Crippen molar-refractivity contribution >= 4 is 0 Å². The van der Waals surface area contributed by atoms with Crippen molar-refractivity contribution in [2.75, 3.05) is 39.9 Å². The van der Waals surface area contributed by atoms with E-state index >= 15 is 0 Å². The normalized spacial score (nSPS) is 25.0. The van der Waals surface area contributed by atoms with Crippen molar-refractivity contribution in [3.05, 3.63) is 0 Å². The summed E-state index contributed by atoms with van der Waals surface area (Å²) in [4.78, 5) is 0. The topological polar surface area (TPSA) is 33.3 Å². The molecule has 0 aromatic rings. The molecule has 0 unspecified atom stereocenters. The molecule has 0 spiro atoms. The number of nitrogens with one attached hydrogen (secondary N) is 2. The number of hydrogen-bond donors (Lipinski definition) is 2. The van der Waals surface area contributed by atoms with Gasteiger partial charge < -0.3 is 15.4 Å². The van der Waals surface area contributed by atoms with Crippen LogP contribution < -0.4 is 10.6 Å². The van der Waals surface area contributed by atoms with Crippen molar-refractivity contribution in [3.63, 3.8) is 0 Å². The molecular formula is C15H30N2O.